The number of aromatic nitrogens is 2. The monoisotopic (exact) mass is 500 g/mol. The SMILES string of the molecule is COC(=O)c1c(C(=O)N2CCN(C(=O)C(C)(C)CCl)C(C)C2)nc(-c2ccccc2)nc1C(C)C. The first-order valence-corrected chi connectivity index (χ1v) is 12.3. The summed E-state index contributed by atoms with van der Waals surface area (Å²) in [6.45, 7) is 10.3. The summed E-state index contributed by atoms with van der Waals surface area (Å²) < 4.78 is 5.02. The highest BCUT2D eigenvalue weighted by Crippen LogP contribution is 2.28. The Morgan fingerprint density at radius 2 is 1.80 bits per heavy atom. The fourth-order valence-corrected chi connectivity index (χ4v) is 4.22. The van der Waals surface area contributed by atoms with Crippen molar-refractivity contribution < 1.29 is 19.1 Å². The van der Waals surface area contributed by atoms with Crippen LogP contribution in [0, 0.1) is 5.41 Å². The van der Waals surface area contributed by atoms with Gasteiger partial charge in [-0.3, -0.25) is 9.59 Å². The lowest BCUT2D eigenvalue weighted by Crippen LogP contribution is -2.58. The zero-order valence-corrected chi connectivity index (χ0v) is 21.9. The number of ether oxygens (including phenoxy) is 1. The average Bonchev–Trinajstić information content (AvgIpc) is 2.86. The van der Waals surface area contributed by atoms with Gasteiger partial charge in [0.1, 0.15) is 11.3 Å². The molecule has 0 radical (unpaired) electrons. The summed E-state index contributed by atoms with van der Waals surface area (Å²) in [5.74, 6) is -0.646. The largest absolute Gasteiger partial charge is 0.465 e. The molecule has 1 unspecified atom stereocenters. The third kappa shape index (κ3) is 5.48. The smallest absolute Gasteiger partial charge is 0.342 e. The molecule has 1 fully saturated rings. The van der Waals surface area contributed by atoms with Crippen molar-refractivity contribution in [3.63, 3.8) is 0 Å². The number of hydrogen-bond acceptors (Lipinski definition) is 6. The van der Waals surface area contributed by atoms with E-state index in [2.05, 4.69) is 9.97 Å². The van der Waals surface area contributed by atoms with Crippen LogP contribution in [0.25, 0.3) is 11.4 Å². The van der Waals surface area contributed by atoms with Gasteiger partial charge in [0.25, 0.3) is 5.91 Å². The van der Waals surface area contributed by atoms with Gasteiger partial charge in [-0.25, -0.2) is 14.8 Å². The van der Waals surface area contributed by atoms with Crippen molar-refractivity contribution in [3.8, 4) is 11.4 Å². The van der Waals surface area contributed by atoms with E-state index in [0.717, 1.165) is 5.56 Å². The number of benzene rings is 1. The van der Waals surface area contributed by atoms with Gasteiger partial charge in [-0.05, 0) is 26.7 Å². The second kappa shape index (κ2) is 10.7. The summed E-state index contributed by atoms with van der Waals surface area (Å²) in [6, 6.07) is 9.11. The molecule has 1 aromatic heterocycles. The summed E-state index contributed by atoms with van der Waals surface area (Å²) in [4.78, 5) is 52.2. The Kier molecular flexibility index (Phi) is 8.15. The van der Waals surface area contributed by atoms with E-state index in [1.165, 1.54) is 7.11 Å². The molecular weight excluding hydrogens is 468 g/mol. The quantitative estimate of drug-likeness (QED) is 0.440. The molecule has 188 valence electrons. The minimum absolute atomic E-state index is 0.0162. The summed E-state index contributed by atoms with van der Waals surface area (Å²) >= 11 is 6.01. The van der Waals surface area contributed by atoms with E-state index in [9.17, 15) is 14.4 Å². The number of alkyl halides is 1. The lowest BCUT2D eigenvalue weighted by Gasteiger charge is -2.42. The third-order valence-corrected chi connectivity index (χ3v) is 6.86. The Hall–Kier alpha value is -3.00. The van der Waals surface area contributed by atoms with E-state index >= 15 is 0 Å². The molecule has 3 rings (SSSR count). The molecule has 1 aliphatic rings. The van der Waals surface area contributed by atoms with E-state index in [-0.39, 0.29) is 40.9 Å². The topological polar surface area (TPSA) is 92.7 Å². The van der Waals surface area contributed by atoms with Gasteiger partial charge in [-0.15, -0.1) is 11.6 Å². The van der Waals surface area contributed by atoms with Gasteiger partial charge in [0.2, 0.25) is 5.91 Å². The molecule has 1 aromatic carbocycles. The summed E-state index contributed by atoms with van der Waals surface area (Å²) in [5.41, 5.74) is 0.611. The number of piperazine rings is 1. The molecule has 1 atom stereocenters. The maximum atomic E-state index is 13.8. The zero-order chi connectivity index (χ0) is 25.9. The van der Waals surface area contributed by atoms with Gasteiger partial charge in [-0.2, -0.15) is 0 Å². The number of nitrogens with zero attached hydrogens (tertiary/aromatic N) is 4. The van der Waals surface area contributed by atoms with Crippen molar-refractivity contribution in [2.45, 2.75) is 46.6 Å². The van der Waals surface area contributed by atoms with Crippen molar-refractivity contribution in [2.24, 2.45) is 5.41 Å². The molecule has 0 saturated carbocycles. The number of esters is 1. The van der Waals surface area contributed by atoms with Crippen LogP contribution in [-0.2, 0) is 9.53 Å². The van der Waals surface area contributed by atoms with Crippen LogP contribution in [0.15, 0.2) is 30.3 Å². The zero-order valence-electron chi connectivity index (χ0n) is 21.2. The van der Waals surface area contributed by atoms with Gasteiger partial charge in [0.15, 0.2) is 5.82 Å². The number of methoxy groups -OCH3 is 1. The van der Waals surface area contributed by atoms with Crippen LogP contribution < -0.4 is 0 Å². The molecule has 0 aliphatic carbocycles. The van der Waals surface area contributed by atoms with Crippen LogP contribution in [-0.4, -0.2) is 76.2 Å². The van der Waals surface area contributed by atoms with Crippen molar-refractivity contribution in [3.05, 3.63) is 47.3 Å². The highest BCUT2D eigenvalue weighted by atomic mass is 35.5. The van der Waals surface area contributed by atoms with Crippen molar-refractivity contribution in [2.75, 3.05) is 32.6 Å². The van der Waals surface area contributed by atoms with Crippen LogP contribution in [0.5, 0.6) is 0 Å². The molecule has 2 amide bonds. The number of halogens is 1. The van der Waals surface area contributed by atoms with Gasteiger partial charge < -0.3 is 14.5 Å². The summed E-state index contributed by atoms with van der Waals surface area (Å²) in [5, 5.41) is 0. The number of carbonyl (C=O) groups excluding carboxylic acids is 3. The molecule has 35 heavy (non-hydrogen) atoms. The molecule has 0 bridgehead atoms. The predicted molar refractivity (Wildman–Crippen MR) is 134 cm³/mol. The Balaban J connectivity index is 2.02. The summed E-state index contributed by atoms with van der Waals surface area (Å²) in [6.07, 6.45) is 0. The lowest BCUT2D eigenvalue weighted by atomic mass is 9.93. The molecule has 0 N–H and O–H groups in total. The molecule has 8 nitrogen and oxygen atoms in total. The third-order valence-electron chi connectivity index (χ3n) is 6.20. The second-order valence-electron chi connectivity index (χ2n) is 9.78. The van der Waals surface area contributed by atoms with E-state index in [4.69, 9.17) is 16.3 Å². The normalized spacial score (nSPS) is 16.4. The highest BCUT2D eigenvalue weighted by Gasteiger charge is 2.38. The fraction of sp³-hybridized carbons (Fsp3) is 0.500. The van der Waals surface area contributed by atoms with Crippen molar-refractivity contribution >= 4 is 29.4 Å². The van der Waals surface area contributed by atoms with Gasteiger partial charge in [0.05, 0.1) is 18.2 Å². The first-order valence-electron chi connectivity index (χ1n) is 11.7. The van der Waals surface area contributed by atoms with Gasteiger partial charge in [0, 0.05) is 37.1 Å². The molecule has 1 saturated heterocycles. The average molecular weight is 501 g/mol. The first-order chi connectivity index (χ1) is 16.5. The molecule has 2 aromatic rings. The lowest BCUT2D eigenvalue weighted by molar-refractivity contribution is -0.143. The second-order valence-corrected chi connectivity index (χ2v) is 10.1. The Labute approximate surface area is 211 Å². The number of amides is 2. The highest BCUT2D eigenvalue weighted by molar-refractivity contribution is 6.19. The van der Waals surface area contributed by atoms with Crippen LogP contribution in [0.4, 0.5) is 0 Å². The minimum Gasteiger partial charge on any atom is -0.465 e. The Bertz CT molecular complexity index is 1100. The predicted octanol–water partition coefficient (Wildman–Crippen LogP) is 3.99. The molecule has 2 heterocycles. The summed E-state index contributed by atoms with van der Waals surface area (Å²) in [7, 11) is 1.27. The number of hydrogen-bond donors (Lipinski definition) is 0. The van der Waals surface area contributed by atoms with Crippen LogP contribution in [0.2, 0.25) is 0 Å². The van der Waals surface area contributed by atoms with Crippen molar-refractivity contribution in [1.82, 2.24) is 19.8 Å². The molecule has 9 heteroatoms. The first kappa shape index (κ1) is 26.6. The van der Waals surface area contributed by atoms with Crippen LogP contribution in [0.3, 0.4) is 0 Å². The Morgan fingerprint density at radius 3 is 2.34 bits per heavy atom. The van der Waals surface area contributed by atoms with Gasteiger partial charge >= 0.3 is 5.97 Å². The maximum absolute atomic E-state index is 13.8. The molecule has 0 spiro atoms. The van der Waals surface area contributed by atoms with Crippen molar-refractivity contribution in [1.29, 1.82) is 0 Å². The van der Waals surface area contributed by atoms with E-state index in [1.54, 1.807) is 9.80 Å². The fourth-order valence-electron chi connectivity index (χ4n) is 4.11. The minimum atomic E-state index is -0.691. The Morgan fingerprint density at radius 1 is 1.14 bits per heavy atom. The molecule has 1 aliphatic heterocycles. The van der Waals surface area contributed by atoms with E-state index in [0.29, 0.717) is 31.2 Å². The van der Waals surface area contributed by atoms with Crippen LogP contribution >= 0.6 is 11.6 Å². The van der Waals surface area contributed by atoms with E-state index in [1.807, 2.05) is 65.0 Å². The van der Waals surface area contributed by atoms with E-state index < -0.39 is 11.4 Å². The van der Waals surface area contributed by atoms with Gasteiger partial charge in [-0.1, -0.05) is 44.2 Å². The molecular formula is C26H33ClN4O4. The number of carbonyl (C=O) groups is 3. The standard InChI is InChI=1S/C26H33ClN4O4/c1-16(2)20-19(24(33)35-6)21(29-22(28-20)18-10-8-7-9-11-18)23(32)30-12-13-31(17(3)14-30)25(34)26(4,5)15-27/h7-11,16-17H,12-15H2,1-6H3. The number of rotatable bonds is 6. The maximum Gasteiger partial charge on any atom is 0.342 e. The van der Waals surface area contributed by atoms with Crippen LogP contribution in [0.1, 0.15) is 67.1 Å².